The van der Waals surface area contributed by atoms with E-state index < -0.39 is 5.60 Å². The highest BCUT2D eigenvalue weighted by atomic mass is 16.3. The van der Waals surface area contributed by atoms with E-state index in [9.17, 15) is 0 Å². The van der Waals surface area contributed by atoms with Gasteiger partial charge >= 0.3 is 0 Å². The minimum absolute atomic E-state index is 0.299. The molecule has 0 atom stereocenters. The molecule has 0 saturated carbocycles. The molecule has 0 spiro atoms. The van der Waals surface area contributed by atoms with E-state index in [0.717, 1.165) is 0 Å². The van der Waals surface area contributed by atoms with E-state index in [0.29, 0.717) is 5.71 Å². The first-order valence-electron chi connectivity index (χ1n) is 2.22. The quantitative estimate of drug-likeness (QED) is 0.471. The van der Waals surface area contributed by atoms with E-state index in [1.807, 2.05) is 0 Å². The Balaban J connectivity index is 3.79. The van der Waals surface area contributed by atoms with Gasteiger partial charge in [0.2, 0.25) is 0 Å². The molecule has 0 unspecified atom stereocenters. The van der Waals surface area contributed by atoms with Crippen molar-refractivity contribution in [3.63, 3.8) is 0 Å². The molecule has 2 N–H and O–H groups in total. The second-order valence-corrected chi connectivity index (χ2v) is 2.18. The predicted molar refractivity (Wildman–Crippen MR) is 29.7 cm³/mol. The van der Waals surface area contributed by atoms with Crippen LogP contribution in [0.1, 0.15) is 20.8 Å². The second kappa shape index (κ2) is 1.62. The summed E-state index contributed by atoms with van der Waals surface area (Å²) in [5.74, 6) is 0. The summed E-state index contributed by atoms with van der Waals surface area (Å²) in [7, 11) is 0. The zero-order chi connectivity index (χ0) is 6.08. The molecule has 0 aromatic carbocycles. The lowest BCUT2D eigenvalue weighted by Crippen LogP contribution is -2.27. The maximum absolute atomic E-state index is 8.87. The Morgan fingerprint density at radius 3 is 1.71 bits per heavy atom. The molecule has 0 aliphatic rings. The summed E-state index contributed by atoms with van der Waals surface area (Å²) < 4.78 is 0. The monoisotopic (exact) mass is 101 g/mol. The second-order valence-electron chi connectivity index (χ2n) is 2.18. The van der Waals surface area contributed by atoms with Crippen LogP contribution in [0.15, 0.2) is 0 Å². The fourth-order valence-corrected chi connectivity index (χ4v) is 0. The van der Waals surface area contributed by atoms with E-state index in [1.54, 1.807) is 20.8 Å². The first-order chi connectivity index (χ1) is 2.94. The highest BCUT2D eigenvalue weighted by Crippen LogP contribution is 2.00. The number of nitrogens with one attached hydrogen (secondary N) is 1. The summed E-state index contributed by atoms with van der Waals surface area (Å²) in [5, 5.41) is 15.8. The molecule has 0 saturated heterocycles. The van der Waals surface area contributed by atoms with Crippen molar-refractivity contribution in [2.75, 3.05) is 0 Å². The highest BCUT2D eigenvalue weighted by Gasteiger charge is 2.13. The molecule has 2 heteroatoms. The van der Waals surface area contributed by atoms with Crippen molar-refractivity contribution in [1.82, 2.24) is 0 Å². The molecule has 0 radical (unpaired) electrons. The Morgan fingerprint density at radius 2 is 1.71 bits per heavy atom. The van der Waals surface area contributed by atoms with Crippen molar-refractivity contribution in [3.05, 3.63) is 0 Å². The number of hydrogen-bond acceptors (Lipinski definition) is 2. The van der Waals surface area contributed by atoms with Gasteiger partial charge in [-0.1, -0.05) is 0 Å². The summed E-state index contributed by atoms with van der Waals surface area (Å²) in [6.45, 7) is 4.77. The lowest BCUT2D eigenvalue weighted by atomic mass is 10.1. The van der Waals surface area contributed by atoms with Crippen LogP contribution in [0.4, 0.5) is 0 Å². The maximum Gasteiger partial charge on any atom is 0.0960 e. The Morgan fingerprint density at radius 1 is 1.57 bits per heavy atom. The highest BCUT2D eigenvalue weighted by molar-refractivity contribution is 5.86. The zero-order valence-electron chi connectivity index (χ0n) is 4.95. The van der Waals surface area contributed by atoms with Crippen LogP contribution in [0.3, 0.4) is 0 Å². The lowest BCUT2D eigenvalue weighted by molar-refractivity contribution is 0.152. The van der Waals surface area contributed by atoms with Crippen LogP contribution in [0.5, 0.6) is 0 Å². The smallest absolute Gasteiger partial charge is 0.0960 e. The summed E-state index contributed by atoms with van der Waals surface area (Å²) in [5.41, 5.74) is -0.618. The Bertz CT molecular complexity index is 80.6. The van der Waals surface area contributed by atoms with Crippen LogP contribution in [-0.4, -0.2) is 16.4 Å². The zero-order valence-corrected chi connectivity index (χ0v) is 4.95. The van der Waals surface area contributed by atoms with Crippen molar-refractivity contribution in [2.45, 2.75) is 26.4 Å². The largest absolute Gasteiger partial charge is 0.385 e. The van der Waals surface area contributed by atoms with Crippen molar-refractivity contribution in [2.24, 2.45) is 0 Å². The number of aliphatic hydroxyl groups is 1. The molecule has 7 heavy (non-hydrogen) atoms. The van der Waals surface area contributed by atoms with Crippen LogP contribution in [0, 0.1) is 5.41 Å². The van der Waals surface area contributed by atoms with Crippen molar-refractivity contribution in [3.8, 4) is 0 Å². The third-order valence-corrected chi connectivity index (χ3v) is 0.918. The molecule has 0 rings (SSSR count). The molecule has 0 aromatic rings. The summed E-state index contributed by atoms with van der Waals surface area (Å²) in [6, 6.07) is 0. The van der Waals surface area contributed by atoms with Gasteiger partial charge in [-0.25, -0.2) is 0 Å². The Labute approximate surface area is 43.7 Å². The molecule has 0 aromatic heterocycles. The van der Waals surface area contributed by atoms with E-state index in [2.05, 4.69) is 0 Å². The molecular weight excluding hydrogens is 90.1 g/mol. The first kappa shape index (κ1) is 6.63. The van der Waals surface area contributed by atoms with Gasteiger partial charge in [-0.05, 0) is 20.8 Å². The Hall–Kier alpha value is -0.370. The van der Waals surface area contributed by atoms with Crippen LogP contribution in [0.25, 0.3) is 0 Å². The standard InChI is InChI=1S/C5H11NO/c1-4(6)5(2,3)7/h6-7H,1-3H3. The summed E-state index contributed by atoms with van der Waals surface area (Å²) in [4.78, 5) is 0. The molecule has 0 aliphatic carbocycles. The Kier molecular flexibility index (Phi) is 1.53. The number of hydrogen-bond donors (Lipinski definition) is 2. The van der Waals surface area contributed by atoms with E-state index in [4.69, 9.17) is 10.5 Å². The molecule has 2 nitrogen and oxygen atoms in total. The molecule has 0 fully saturated rings. The minimum atomic E-state index is -0.917. The van der Waals surface area contributed by atoms with Gasteiger partial charge in [-0.15, -0.1) is 0 Å². The van der Waals surface area contributed by atoms with Gasteiger partial charge in [0, 0.05) is 5.71 Å². The SMILES string of the molecule is CC(=N)C(C)(C)O. The normalized spacial score (nSPS) is 11.4. The third kappa shape index (κ3) is 2.34. The molecular formula is C5H11NO. The molecule has 0 bridgehead atoms. The van der Waals surface area contributed by atoms with Crippen molar-refractivity contribution >= 4 is 5.71 Å². The van der Waals surface area contributed by atoms with E-state index >= 15 is 0 Å². The fourth-order valence-electron chi connectivity index (χ4n) is 0. The van der Waals surface area contributed by atoms with Crippen LogP contribution >= 0.6 is 0 Å². The van der Waals surface area contributed by atoms with Crippen LogP contribution < -0.4 is 0 Å². The summed E-state index contributed by atoms with van der Waals surface area (Å²) >= 11 is 0. The maximum atomic E-state index is 8.87. The minimum Gasteiger partial charge on any atom is -0.385 e. The van der Waals surface area contributed by atoms with Gasteiger partial charge in [-0.2, -0.15) is 0 Å². The molecule has 0 heterocycles. The predicted octanol–water partition coefficient (Wildman–Crippen LogP) is 0.797. The fraction of sp³-hybridized carbons (Fsp3) is 0.800. The van der Waals surface area contributed by atoms with Crippen LogP contribution in [-0.2, 0) is 0 Å². The first-order valence-corrected chi connectivity index (χ1v) is 2.22. The number of rotatable bonds is 1. The van der Waals surface area contributed by atoms with E-state index in [1.165, 1.54) is 0 Å². The molecule has 0 aliphatic heterocycles. The van der Waals surface area contributed by atoms with Gasteiger partial charge in [0.25, 0.3) is 0 Å². The van der Waals surface area contributed by atoms with Crippen LogP contribution in [0.2, 0.25) is 0 Å². The average molecular weight is 101 g/mol. The van der Waals surface area contributed by atoms with Crippen molar-refractivity contribution in [1.29, 1.82) is 5.41 Å². The molecule has 42 valence electrons. The molecule has 0 amide bonds. The van der Waals surface area contributed by atoms with Gasteiger partial charge in [0.05, 0.1) is 5.60 Å². The lowest BCUT2D eigenvalue weighted by Gasteiger charge is -2.13. The average Bonchev–Trinajstić information content (AvgIpc) is 1.31. The van der Waals surface area contributed by atoms with Gasteiger partial charge < -0.3 is 10.5 Å². The summed E-state index contributed by atoms with van der Waals surface area (Å²) in [6.07, 6.45) is 0. The van der Waals surface area contributed by atoms with Gasteiger partial charge in [0.1, 0.15) is 0 Å². The van der Waals surface area contributed by atoms with Crippen molar-refractivity contribution < 1.29 is 5.11 Å². The van der Waals surface area contributed by atoms with Gasteiger partial charge in [0.15, 0.2) is 0 Å². The van der Waals surface area contributed by atoms with E-state index in [-0.39, 0.29) is 0 Å². The topological polar surface area (TPSA) is 44.1 Å². The van der Waals surface area contributed by atoms with Gasteiger partial charge in [-0.3, -0.25) is 0 Å². The third-order valence-electron chi connectivity index (χ3n) is 0.918.